The third-order valence-corrected chi connectivity index (χ3v) is 3.83. The van der Waals surface area contributed by atoms with Crippen LogP contribution in [0.2, 0.25) is 0 Å². The van der Waals surface area contributed by atoms with Crippen LogP contribution < -0.4 is 10.6 Å². The minimum Gasteiger partial charge on any atom is -0.367 e. The van der Waals surface area contributed by atoms with Gasteiger partial charge in [-0.2, -0.15) is 0 Å². The molecule has 0 aromatic heterocycles. The number of anilines is 1. The van der Waals surface area contributed by atoms with Gasteiger partial charge in [0.1, 0.15) is 0 Å². The molecule has 1 aliphatic heterocycles. The monoisotopic (exact) mass is 247 g/mol. The Bertz CT molecular complexity index is 401. The average Bonchev–Trinajstić information content (AvgIpc) is 2.76. The summed E-state index contributed by atoms with van der Waals surface area (Å²) in [5.41, 5.74) is 9.65. The van der Waals surface area contributed by atoms with Crippen molar-refractivity contribution in [2.45, 2.75) is 32.4 Å². The quantitative estimate of drug-likeness (QED) is 0.883. The Morgan fingerprint density at radius 2 is 2.17 bits per heavy atom. The molecule has 1 saturated heterocycles. The second kappa shape index (κ2) is 5.72. The van der Waals surface area contributed by atoms with Crippen molar-refractivity contribution in [3.63, 3.8) is 0 Å². The molecule has 1 fully saturated rings. The van der Waals surface area contributed by atoms with Crippen LogP contribution in [0.4, 0.5) is 5.69 Å². The molecule has 18 heavy (non-hydrogen) atoms. The molecular formula is C15H25N3. The van der Waals surface area contributed by atoms with E-state index in [4.69, 9.17) is 5.73 Å². The van der Waals surface area contributed by atoms with Crippen molar-refractivity contribution in [2.75, 3.05) is 32.1 Å². The molecule has 1 aromatic carbocycles. The molecule has 100 valence electrons. The zero-order valence-corrected chi connectivity index (χ0v) is 11.8. The van der Waals surface area contributed by atoms with E-state index in [9.17, 15) is 0 Å². The number of likely N-dealkylation sites (N-methyl/N-ethyl adjacent to an activating group) is 1. The summed E-state index contributed by atoms with van der Waals surface area (Å²) in [4.78, 5) is 4.83. The largest absolute Gasteiger partial charge is 0.367 e. The van der Waals surface area contributed by atoms with Gasteiger partial charge in [-0.05, 0) is 57.1 Å². The zero-order chi connectivity index (χ0) is 13.1. The lowest BCUT2D eigenvalue weighted by molar-refractivity contribution is 0.372. The van der Waals surface area contributed by atoms with Gasteiger partial charge in [0.25, 0.3) is 0 Å². The van der Waals surface area contributed by atoms with Gasteiger partial charge in [-0.1, -0.05) is 6.07 Å². The molecular weight excluding hydrogens is 222 g/mol. The van der Waals surface area contributed by atoms with E-state index in [1.807, 2.05) is 0 Å². The Kier molecular flexibility index (Phi) is 4.25. The summed E-state index contributed by atoms with van der Waals surface area (Å²) in [6.07, 6.45) is 2.60. The number of nitrogens with zero attached hydrogens (tertiary/aromatic N) is 2. The van der Waals surface area contributed by atoms with Crippen molar-refractivity contribution < 1.29 is 0 Å². The molecule has 1 unspecified atom stereocenters. The van der Waals surface area contributed by atoms with Gasteiger partial charge in [-0.15, -0.1) is 0 Å². The van der Waals surface area contributed by atoms with Crippen LogP contribution >= 0.6 is 0 Å². The summed E-state index contributed by atoms with van der Waals surface area (Å²) in [6, 6.07) is 7.35. The summed E-state index contributed by atoms with van der Waals surface area (Å²) < 4.78 is 0. The third kappa shape index (κ3) is 2.85. The number of benzene rings is 1. The Morgan fingerprint density at radius 1 is 1.39 bits per heavy atom. The van der Waals surface area contributed by atoms with E-state index in [-0.39, 0.29) is 0 Å². The lowest BCUT2D eigenvalue weighted by Crippen LogP contribution is -2.37. The first-order valence-electron chi connectivity index (χ1n) is 6.83. The summed E-state index contributed by atoms with van der Waals surface area (Å²) >= 11 is 0. The van der Waals surface area contributed by atoms with E-state index in [1.54, 1.807) is 0 Å². The summed E-state index contributed by atoms with van der Waals surface area (Å²) in [6.45, 7) is 5.10. The fourth-order valence-corrected chi connectivity index (χ4v) is 2.87. The zero-order valence-electron chi connectivity index (χ0n) is 11.8. The average molecular weight is 247 g/mol. The predicted molar refractivity (Wildman–Crippen MR) is 78.0 cm³/mol. The minimum atomic E-state index is 0.632. The highest BCUT2D eigenvalue weighted by Crippen LogP contribution is 2.27. The van der Waals surface area contributed by atoms with Crippen molar-refractivity contribution in [3.8, 4) is 0 Å². The molecule has 3 nitrogen and oxygen atoms in total. The van der Waals surface area contributed by atoms with E-state index in [0.29, 0.717) is 12.6 Å². The first-order valence-corrected chi connectivity index (χ1v) is 6.83. The Morgan fingerprint density at radius 3 is 2.78 bits per heavy atom. The van der Waals surface area contributed by atoms with Crippen molar-refractivity contribution in [1.29, 1.82) is 0 Å². The maximum atomic E-state index is 5.73. The van der Waals surface area contributed by atoms with Gasteiger partial charge in [-0.3, -0.25) is 0 Å². The first kappa shape index (κ1) is 13.4. The smallest absolute Gasteiger partial charge is 0.0417 e. The molecule has 0 saturated carbocycles. The Hall–Kier alpha value is -1.06. The van der Waals surface area contributed by atoms with E-state index < -0.39 is 0 Å². The van der Waals surface area contributed by atoms with Crippen molar-refractivity contribution in [3.05, 3.63) is 29.3 Å². The number of hydrogen-bond acceptors (Lipinski definition) is 3. The normalized spacial score (nSPS) is 19.8. The van der Waals surface area contributed by atoms with E-state index in [0.717, 1.165) is 6.54 Å². The molecule has 0 bridgehead atoms. The van der Waals surface area contributed by atoms with E-state index >= 15 is 0 Å². The molecule has 1 atom stereocenters. The lowest BCUT2D eigenvalue weighted by atomic mass is 10.1. The molecule has 0 spiro atoms. The molecule has 0 amide bonds. The van der Waals surface area contributed by atoms with Gasteiger partial charge < -0.3 is 15.5 Å². The van der Waals surface area contributed by atoms with Crippen molar-refractivity contribution in [1.82, 2.24) is 4.90 Å². The summed E-state index contributed by atoms with van der Waals surface area (Å²) in [7, 11) is 4.30. The van der Waals surface area contributed by atoms with Crippen LogP contribution in [0, 0.1) is 6.92 Å². The highest BCUT2D eigenvalue weighted by molar-refractivity contribution is 5.52. The highest BCUT2D eigenvalue weighted by Gasteiger charge is 2.25. The van der Waals surface area contributed by atoms with E-state index in [2.05, 4.69) is 49.0 Å². The van der Waals surface area contributed by atoms with Gasteiger partial charge in [-0.25, -0.2) is 0 Å². The van der Waals surface area contributed by atoms with Crippen LogP contribution in [0.1, 0.15) is 24.0 Å². The molecule has 2 N–H and O–H groups in total. The van der Waals surface area contributed by atoms with Crippen LogP contribution in [0.5, 0.6) is 0 Å². The predicted octanol–water partition coefficient (Wildman–Crippen LogP) is 1.98. The fraction of sp³-hybridized carbons (Fsp3) is 0.600. The molecule has 1 heterocycles. The molecule has 0 radical (unpaired) electrons. The second-order valence-electron chi connectivity index (χ2n) is 5.57. The van der Waals surface area contributed by atoms with Crippen LogP contribution in [0.15, 0.2) is 18.2 Å². The SMILES string of the molecule is Cc1cc(N2CCCC2CN(C)C)ccc1CN. The Labute approximate surface area is 111 Å². The lowest BCUT2D eigenvalue weighted by Gasteiger charge is -2.29. The number of nitrogens with two attached hydrogens (primary N) is 1. The summed E-state index contributed by atoms with van der Waals surface area (Å²) in [5, 5.41) is 0. The van der Waals surface area contributed by atoms with Gasteiger partial charge in [0.2, 0.25) is 0 Å². The van der Waals surface area contributed by atoms with Crippen LogP contribution in [-0.2, 0) is 6.54 Å². The third-order valence-electron chi connectivity index (χ3n) is 3.83. The maximum absolute atomic E-state index is 5.73. The molecule has 3 heteroatoms. The minimum absolute atomic E-state index is 0.632. The number of rotatable bonds is 4. The Balaban J connectivity index is 2.17. The highest BCUT2D eigenvalue weighted by atomic mass is 15.2. The number of hydrogen-bond donors (Lipinski definition) is 1. The van der Waals surface area contributed by atoms with Crippen molar-refractivity contribution in [2.24, 2.45) is 5.73 Å². The number of aryl methyl sites for hydroxylation is 1. The first-order chi connectivity index (χ1) is 8.61. The van der Waals surface area contributed by atoms with Gasteiger partial charge >= 0.3 is 0 Å². The van der Waals surface area contributed by atoms with Gasteiger partial charge in [0.05, 0.1) is 0 Å². The topological polar surface area (TPSA) is 32.5 Å². The van der Waals surface area contributed by atoms with Crippen LogP contribution in [0.3, 0.4) is 0 Å². The second-order valence-corrected chi connectivity index (χ2v) is 5.57. The molecule has 0 aliphatic carbocycles. The summed E-state index contributed by atoms with van der Waals surface area (Å²) in [5.74, 6) is 0. The van der Waals surface area contributed by atoms with Crippen LogP contribution in [0.25, 0.3) is 0 Å². The van der Waals surface area contributed by atoms with Crippen molar-refractivity contribution >= 4 is 5.69 Å². The fourth-order valence-electron chi connectivity index (χ4n) is 2.87. The van der Waals surface area contributed by atoms with Crippen LogP contribution in [-0.4, -0.2) is 38.1 Å². The van der Waals surface area contributed by atoms with Gasteiger partial charge in [0, 0.05) is 31.4 Å². The molecule has 1 aliphatic rings. The molecule has 1 aromatic rings. The standard InChI is InChI=1S/C15H25N3/c1-12-9-14(7-6-13(12)10-16)18-8-4-5-15(18)11-17(2)3/h6-7,9,15H,4-5,8,10-11,16H2,1-3H3. The van der Waals surface area contributed by atoms with E-state index in [1.165, 1.54) is 36.2 Å². The maximum Gasteiger partial charge on any atom is 0.0417 e. The van der Waals surface area contributed by atoms with Gasteiger partial charge in [0.15, 0.2) is 0 Å². The molecule has 2 rings (SSSR count).